The summed E-state index contributed by atoms with van der Waals surface area (Å²) in [6, 6.07) is 13.1. The zero-order valence-electron chi connectivity index (χ0n) is 13.8. The lowest BCUT2D eigenvalue weighted by atomic mass is 10.1. The summed E-state index contributed by atoms with van der Waals surface area (Å²) >= 11 is 0. The number of ether oxygens (including phenoxy) is 2. The van der Waals surface area contributed by atoms with Crippen LogP contribution < -0.4 is 14.8 Å². The molecule has 0 aliphatic heterocycles. The number of hydrogen-bond donors (Lipinski definition) is 1. The molecule has 0 unspecified atom stereocenters. The molecule has 0 radical (unpaired) electrons. The minimum absolute atomic E-state index is 0.205. The van der Waals surface area contributed by atoms with E-state index in [2.05, 4.69) is 5.32 Å². The van der Waals surface area contributed by atoms with Gasteiger partial charge in [-0.25, -0.2) is 0 Å². The van der Waals surface area contributed by atoms with E-state index in [0.717, 1.165) is 11.3 Å². The van der Waals surface area contributed by atoms with Crippen LogP contribution in [-0.2, 0) is 4.79 Å². The summed E-state index contributed by atoms with van der Waals surface area (Å²) in [4.78, 5) is 12.2. The van der Waals surface area contributed by atoms with Crippen LogP contribution in [0.15, 0.2) is 54.3 Å². The van der Waals surface area contributed by atoms with Crippen molar-refractivity contribution in [1.82, 2.24) is 0 Å². The summed E-state index contributed by atoms with van der Waals surface area (Å²) in [6.45, 7) is 5.75. The molecule has 0 spiro atoms. The van der Waals surface area contributed by atoms with E-state index in [4.69, 9.17) is 9.47 Å². The molecule has 2 aromatic rings. The lowest BCUT2D eigenvalue weighted by Crippen LogP contribution is -2.13. The van der Waals surface area contributed by atoms with Crippen molar-refractivity contribution in [2.45, 2.75) is 20.8 Å². The molecule has 2 rings (SSSR count). The highest BCUT2D eigenvalue weighted by Crippen LogP contribution is 2.26. The van der Waals surface area contributed by atoms with Crippen molar-refractivity contribution in [3.05, 3.63) is 65.4 Å². The normalized spacial score (nSPS) is 11.0. The molecule has 120 valence electrons. The fraction of sp³-hybridized carbons (Fsp3) is 0.211. The van der Waals surface area contributed by atoms with Gasteiger partial charge < -0.3 is 14.8 Å². The van der Waals surface area contributed by atoms with E-state index in [9.17, 15) is 4.79 Å². The first kappa shape index (κ1) is 16.6. The molecule has 0 saturated carbocycles. The van der Waals surface area contributed by atoms with Crippen molar-refractivity contribution >= 4 is 11.6 Å². The number of carbonyl (C=O) groups is 1. The highest BCUT2D eigenvalue weighted by molar-refractivity contribution is 6.03. The maximum atomic E-state index is 12.2. The average Bonchev–Trinajstić information content (AvgIpc) is 2.56. The summed E-state index contributed by atoms with van der Waals surface area (Å²) in [5.41, 5.74) is 3.56. The average molecular weight is 311 g/mol. The third-order valence-corrected chi connectivity index (χ3v) is 3.55. The number of nitrogens with one attached hydrogen (secondary N) is 1. The summed E-state index contributed by atoms with van der Waals surface area (Å²) in [6.07, 6.45) is 1.42. The molecule has 0 aliphatic rings. The van der Waals surface area contributed by atoms with Gasteiger partial charge in [0.25, 0.3) is 5.91 Å². The van der Waals surface area contributed by atoms with Crippen molar-refractivity contribution in [3.63, 3.8) is 0 Å². The molecule has 4 heteroatoms. The Morgan fingerprint density at radius 1 is 1.04 bits per heavy atom. The molecule has 0 aromatic heterocycles. The van der Waals surface area contributed by atoms with Gasteiger partial charge in [0.15, 0.2) is 11.5 Å². The lowest BCUT2D eigenvalue weighted by molar-refractivity contribution is -0.112. The van der Waals surface area contributed by atoms with Crippen LogP contribution in [0.25, 0.3) is 0 Å². The van der Waals surface area contributed by atoms with E-state index >= 15 is 0 Å². The molecular formula is C19H21NO3. The van der Waals surface area contributed by atoms with Crippen LogP contribution in [-0.4, -0.2) is 13.0 Å². The van der Waals surface area contributed by atoms with Gasteiger partial charge in [0.1, 0.15) is 0 Å². The van der Waals surface area contributed by atoms with Gasteiger partial charge in [-0.15, -0.1) is 0 Å². The Labute approximate surface area is 136 Å². The molecule has 1 amide bonds. The van der Waals surface area contributed by atoms with E-state index in [1.165, 1.54) is 11.8 Å². The number of rotatable bonds is 5. The third-order valence-electron chi connectivity index (χ3n) is 3.55. The van der Waals surface area contributed by atoms with Gasteiger partial charge in [-0.1, -0.05) is 18.2 Å². The second kappa shape index (κ2) is 7.49. The maximum absolute atomic E-state index is 12.2. The molecule has 23 heavy (non-hydrogen) atoms. The Bertz CT molecular complexity index is 735. The number of hydrogen-bond acceptors (Lipinski definition) is 3. The van der Waals surface area contributed by atoms with Gasteiger partial charge in [0.2, 0.25) is 0 Å². The molecule has 2 aromatic carbocycles. The van der Waals surface area contributed by atoms with Gasteiger partial charge in [-0.2, -0.15) is 0 Å². The van der Waals surface area contributed by atoms with Crippen LogP contribution in [0.4, 0.5) is 5.69 Å². The SMILES string of the molecule is COc1ccccc1O/C=C(\C)C(=O)Nc1ccc(C)c(C)c1. The molecule has 0 saturated heterocycles. The van der Waals surface area contributed by atoms with E-state index < -0.39 is 0 Å². The topological polar surface area (TPSA) is 47.6 Å². The van der Waals surface area contributed by atoms with E-state index in [1.54, 1.807) is 26.2 Å². The van der Waals surface area contributed by atoms with Crippen LogP contribution in [0.1, 0.15) is 18.1 Å². The quantitative estimate of drug-likeness (QED) is 0.664. The first-order chi connectivity index (χ1) is 11.0. The molecule has 0 bridgehead atoms. The van der Waals surface area contributed by atoms with E-state index in [-0.39, 0.29) is 5.91 Å². The van der Waals surface area contributed by atoms with Crippen LogP contribution in [0.5, 0.6) is 11.5 Å². The summed E-state index contributed by atoms with van der Waals surface area (Å²) in [7, 11) is 1.57. The molecule has 1 N–H and O–H groups in total. The smallest absolute Gasteiger partial charge is 0.254 e. The molecule has 0 aliphatic carbocycles. The summed E-state index contributed by atoms with van der Waals surface area (Å²) in [5.74, 6) is 0.975. The Morgan fingerprint density at radius 3 is 2.39 bits per heavy atom. The predicted octanol–water partition coefficient (Wildman–Crippen LogP) is 4.23. The van der Waals surface area contributed by atoms with Gasteiger partial charge in [-0.05, 0) is 56.2 Å². The first-order valence-corrected chi connectivity index (χ1v) is 7.36. The highest BCUT2D eigenvalue weighted by Gasteiger charge is 2.07. The number of anilines is 1. The Kier molecular flexibility index (Phi) is 5.41. The van der Waals surface area contributed by atoms with Crippen molar-refractivity contribution < 1.29 is 14.3 Å². The van der Waals surface area contributed by atoms with Gasteiger partial charge >= 0.3 is 0 Å². The number of amides is 1. The molecular weight excluding hydrogens is 290 g/mol. The fourth-order valence-electron chi connectivity index (χ4n) is 1.97. The molecule has 0 atom stereocenters. The Balaban J connectivity index is 2.05. The highest BCUT2D eigenvalue weighted by atomic mass is 16.5. The van der Waals surface area contributed by atoms with Gasteiger partial charge in [-0.3, -0.25) is 4.79 Å². The van der Waals surface area contributed by atoms with Gasteiger partial charge in [0, 0.05) is 11.3 Å². The maximum Gasteiger partial charge on any atom is 0.254 e. The zero-order valence-corrected chi connectivity index (χ0v) is 13.8. The van der Waals surface area contributed by atoms with Crippen LogP contribution in [0, 0.1) is 13.8 Å². The molecule has 0 fully saturated rings. The Morgan fingerprint density at radius 2 is 1.74 bits per heavy atom. The zero-order chi connectivity index (χ0) is 16.8. The number of benzene rings is 2. The minimum atomic E-state index is -0.205. The second-order valence-electron chi connectivity index (χ2n) is 5.32. The van der Waals surface area contributed by atoms with Crippen LogP contribution in [0.3, 0.4) is 0 Å². The Hall–Kier alpha value is -2.75. The molecule has 4 nitrogen and oxygen atoms in total. The van der Waals surface area contributed by atoms with Crippen LogP contribution in [0.2, 0.25) is 0 Å². The third kappa shape index (κ3) is 4.36. The lowest BCUT2D eigenvalue weighted by Gasteiger charge is -2.09. The van der Waals surface area contributed by atoms with E-state index in [1.807, 2.05) is 44.2 Å². The summed E-state index contributed by atoms with van der Waals surface area (Å²) in [5, 5.41) is 2.86. The van der Waals surface area contributed by atoms with E-state index in [0.29, 0.717) is 17.1 Å². The minimum Gasteiger partial charge on any atom is -0.493 e. The molecule has 0 heterocycles. The van der Waals surface area contributed by atoms with Gasteiger partial charge in [0.05, 0.1) is 13.4 Å². The van der Waals surface area contributed by atoms with Crippen molar-refractivity contribution in [2.24, 2.45) is 0 Å². The van der Waals surface area contributed by atoms with Crippen LogP contribution >= 0.6 is 0 Å². The largest absolute Gasteiger partial charge is 0.493 e. The standard InChI is InChI=1S/C19H21NO3/c1-13-9-10-16(11-14(13)2)20-19(21)15(3)12-23-18-8-6-5-7-17(18)22-4/h5-12H,1-4H3,(H,20,21)/b15-12+. The number of aryl methyl sites for hydroxylation is 2. The fourth-order valence-corrected chi connectivity index (χ4v) is 1.97. The number of carbonyl (C=O) groups excluding carboxylic acids is 1. The summed E-state index contributed by atoms with van der Waals surface area (Å²) < 4.78 is 10.7. The predicted molar refractivity (Wildman–Crippen MR) is 91.9 cm³/mol. The second-order valence-corrected chi connectivity index (χ2v) is 5.32. The first-order valence-electron chi connectivity index (χ1n) is 7.36. The van der Waals surface area contributed by atoms with Crippen molar-refractivity contribution in [1.29, 1.82) is 0 Å². The monoisotopic (exact) mass is 311 g/mol. The van der Waals surface area contributed by atoms with Crippen molar-refractivity contribution in [2.75, 3.05) is 12.4 Å². The number of para-hydroxylation sites is 2. The number of methoxy groups -OCH3 is 1. The van der Waals surface area contributed by atoms with Crippen molar-refractivity contribution in [3.8, 4) is 11.5 Å².